The maximum atomic E-state index is 13.7. The van der Waals surface area contributed by atoms with E-state index in [4.69, 9.17) is 9.15 Å². The molecule has 1 aliphatic heterocycles. The highest BCUT2D eigenvalue weighted by Gasteiger charge is 2.37. The van der Waals surface area contributed by atoms with Crippen LogP contribution in [0.2, 0.25) is 0 Å². The number of hydrogen-bond donors (Lipinski definition) is 2. The van der Waals surface area contributed by atoms with Crippen molar-refractivity contribution in [3.63, 3.8) is 0 Å². The van der Waals surface area contributed by atoms with E-state index in [0.29, 0.717) is 12.0 Å². The van der Waals surface area contributed by atoms with Crippen molar-refractivity contribution in [1.29, 1.82) is 0 Å². The van der Waals surface area contributed by atoms with E-state index in [0.717, 1.165) is 16.0 Å². The Kier molecular flexibility index (Phi) is 10.5. The second-order valence-electron chi connectivity index (χ2n) is 11.2. The van der Waals surface area contributed by atoms with Gasteiger partial charge in [0, 0.05) is 6.21 Å². The zero-order valence-electron chi connectivity index (χ0n) is 25.7. The van der Waals surface area contributed by atoms with Gasteiger partial charge in [-0.1, -0.05) is 86.6 Å². The number of carbonyl (C=O) groups excluding carboxylic acids is 4. The van der Waals surface area contributed by atoms with E-state index in [2.05, 4.69) is 25.8 Å². The molecule has 242 valence electrons. The predicted molar refractivity (Wildman–Crippen MR) is 168 cm³/mol. The normalized spacial score (nSPS) is 16.5. The molecule has 0 bridgehead atoms. The summed E-state index contributed by atoms with van der Waals surface area (Å²) in [6.07, 6.45) is -0.286. The molecular weight excluding hydrogens is 607 g/mol. The second-order valence-corrected chi connectivity index (χ2v) is 11.2. The van der Waals surface area contributed by atoms with Crippen molar-refractivity contribution in [2.24, 2.45) is 10.9 Å². The Morgan fingerprint density at radius 3 is 2.26 bits per heavy atom. The third kappa shape index (κ3) is 8.51. The first-order valence-corrected chi connectivity index (χ1v) is 14.9. The van der Waals surface area contributed by atoms with Crippen LogP contribution in [0, 0.1) is 11.7 Å². The molecule has 3 aromatic carbocycles. The summed E-state index contributed by atoms with van der Waals surface area (Å²) in [5, 5.41) is 13.0. The average molecular weight is 641 g/mol. The number of nitrogens with one attached hydrogen (secondary N) is 2. The summed E-state index contributed by atoms with van der Waals surface area (Å²) in [4.78, 5) is 58.6. The molecule has 0 aliphatic carbocycles. The number of carbonyl (C=O) groups is 4. The number of hydrogen-bond acceptors (Lipinski definition) is 9. The fraction of sp³-hybridized carbons (Fsp3) is 0.265. The number of Topliss-reactive ketones (excluding diaryl/α,β-unsaturated/α-hetero) is 1. The summed E-state index contributed by atoms with van der Waals surface area (Å²) < 4.78 is 24.6. The maximum absolute atomic E-state index is 13.7. The van der Waals surface area contributed by atoms with E-state index in [9.17, 15) is 23.6 Å². The predicted octanol–water partition coefficient (Wildman–Crippen LogP) is 4.03. The molecule has 47 heavy (non-hydrogen) atoms. The molecule has 3 atom stereocenters. The van der Waals surface area contributed by atoms with Gasteiger partial charge >= 0.3 is 6.09 Å². The number of amides is 3. The number of nitrogens with zero attached hydrogens (tertiary/aromatic N) is 4. The maximum Gasteiger partial charge on any atom is 0.408 e. The molecule has 0 saturated heterocycles. The second kappa shape index (κ2) is 15.0. The molecule has 0 spiro atoms. The number of halogens is 1. The molecule has 5 rings (SSSR count). The Morgan fingerprint density at radius 2 is 1.60 bits per heavy atom. The highest BCUT2D eigenvalue weighted by Crippen LogP contribution is 2.26. The summed E-state index contributed by atoms with van der Waals surface area (Å²) in [5.74, 6) is -2.80. The van der Waals surface area contributed by atoms with Crippen LogP contribution in [0.3, 0.4) is 0 Å². The van der Waals surface area contributed by atoms with Crippen molar-refractivity contribution in [2.45, 2.75) is 45.1 Å². The molecule has 0 radical (unpaired) electrons. The van der Waals surface area contributed by atoms with E-state index < -0.39 is 54.3 Å². The van der Waals surface area contributed by atoms with Gasteiger partial charge in [-0.25, -0.2) is 9.18 Å². The molecule has 2 N–H and O–H groups in total. The minimum atomic E-state index is -1.24. The zero-order chi connectivity index (χ0) is 33.3. The Morgan fingerprint density at radius 1 is 0.936 bits per heavy atom. The van der Waals surface area contributed by atoms with E-state index in [-0.39, 0.29) is 24.3 Å². The molecule has 3 unspecified atom stereocenters. The Labute approximate surface area is 270 Å². The van der Waals surface area contributed by atoms with Crippen LogP contribution in [0.1, 0.15) is 53.3 Å². The summed E-state index contributed by atoms with van der Waals surface area (Å²) in [7, 11) is 0. The van der Waals surface area contributed by atoms with Gasteiger partial charge in [-0.2, -0.15) is 0 Å². The van der Waals surface area contributed by atoms with Gasteiger partial charge < -0.3 is 24.7 Å². The highest BCUT2D eigenvalue weighted by atomic mass is 19.1. The first kappa shape index (κ1) is 32.7. The van der Waals surface area contributed by atoms with Gasteiger partial charge in [0.05, 0.1) is 12.5 Å². The number of aromatic nitrogens is 2. The first-order chi connectivity index (χ1) is 22.7. The summed E-state index contributed by atoms with van der Waals surface area (Å²) in [6, 6.07) is 21.4. The number of rotatable bonds is 12. The van der Waals surface area contributed by atoms with E-state index in [1.807, 2.05) is 36.4 Å². The van der Waals surface area contributed by atoms with Gasteiger partial charge in [0.15, 0.2) is 0 Å². The lowest BCUT2D eigenvalue weighted by molar-refractivity contribution is -0.139. The van der Waals surface area contributed by atoms with Crippen LogP contribution in [0.5, 0.6) is 0 Å². The topological polar surface area (TPSA) is 156 Å². The molecule has 0 saturated carbocycles. The van der Waals surface area contributed by atoms with Crippen molar-refractivity contribution < 1.29 is 32.7 Å². The zero-order valence-corrected chi connectivity index (χ0v) is 25.7. The fourth-order valence-corrected chi connectivity index (χ4v) is 4.90. The van der Waals surface area contributed by atoms with Gasteiger partial charge in [-0.15, -0.1) is 10.2 Å². The number of alkyl carbamates (subject to hydrolysis) is 1. The standard InChI is InChI=1S/C34H33FN6O6/c1-21(2)29(30(43)32-40-39-28(47-32)17-22-9-5-3-6-10-22)38-27(42)19-41-31(24-13-15-25(35)16-14-24)36-18-26(33(41)44)37-34(45)46-20-23-11-7-4-8-12-23/h3-16,18,21,26,29,31H,17,19-20H2,1-2H3,(H,37,45)(H,38,42). The number of aliphatic imine (C=N–C) groups is 1. The van der Waals surface area contributed by atoms with Crippen molar-refractivity contribution in [1.82, 2.24) is 25.7 Å². The minimum Gasteiger partial charge on any atom is -0.445 e. The van der Waals surface area contributed by atoms with E-state index >= 15 is 0 Å². The summed E-state index contributed by atoms with van der Waals surface area (Å²) in [6.45, 7) is 2.92. The molecule has 4 aromatic rings. The molecule has 0 fully saturated rings. The molecule has 1 aromatic heterocycles. The lowest BCUT2D eigenvalue weighted by Gasteiger charge is -2.35. The highest BCUT2D eigenvalue weighted by molar-refractivity contribution is 6.03. The third-order valence-electron chi connectivity index (χ3n) is 7.33. The Bertz CT molecular complexity index is 1730. The lowest BCUT2D eigenvalue weighted by atomic mass is 9.99. The molecular formula is C34H33FN6O6. The van der Waals surface area contributed by atoms with Crippen molar-refractivity contribution in [2.75, 3.05) is 6.54 Å². The third-order valence-corrected chi connectivity index (χ3v) is 7.33. The van der Waals surface area contributed by atoms with Crippen molar-refractivity contribution >= 4 is 29.9 Å². The number of ether oxygens (including phenoxy) is 1. The molecule has 2 heterocycles. The van der Waals surface area contributed by atoms with Crippen LogP contribution < -0.4 is 10.6 Å². The largest absolute Gasteiger partial charge is 0.445 e. The van der Waals surface area contributed by atoms with Crippen LogP contribution in [-0.2, 0) is 27.4 Å². The molecule has 3 amide bonds. The van der Waals surface area contributed by atoms with Gasteiger partial charge in [-0.3, -0.25) is 19.4 Å². The van der Waals surface area contributed by atoms with E-state index in [1.165, 1.54) is 30.5 Å². The van der Waals surface area contributed by atoms with Crippen LogP contribution in [-0.4, -0.2) is 63.6 Å². The fourth-order valence-electron chi connectivity index (χ4n) is 4.90. The Hall–Kier alpha value is -5.72. The quantitative estimate of drug-likeness (QED) is 0.220. The van der Waals surface area contributed by atoms with Crippen LogP contribution in [0.25, 0.3) is 0 Å². The number of ketones is 1. The smallest absolute Gasteiger partial charge is 0.408 e. The molecule has 12 nitrogen and oxygen atoms in total. The van der Waals surface area contributed by atoms with Gasteiger partial charge in [0.25, 0.3) is 11.8 Å². The van der Waals surface area contributed by atoms with Gasteiger partial charge in [0.2, 0.25) is 17.6 Å². The van der Waals surface area contributed by atoms with Crippen LogP contribution in [0.15, 0.2) is 94.3 Å². The Balaban J connectivity index is 1.28. The SMILES string of the molecule is CC(C)C(NC(=O)CN1C(=O)C(NC(=O)OCc2ccccc2)C=NC1c1ccc(F)cc1)C(=O)c1nnc(Cc2ccccc2)o1. The average Bonchev–Trinajstić information content (AvgIpc) is 3.54. The molecule has 1 aliphatic rings. The monoisotopic (exact) mass is 640 g/mol. The van der Waals surface area contributed by atoms with Gasteiger partial charge in [0.1, 0.15) is 31.2 Å². The van der Waals surface area contributed by atoms with E-state index in [1.54, 1.807) is 38.1 Å². The van der Waals surface area contributed by atoms with Crippen molar-refractivity contribution in [3.8, 4) is 0 Å². The number of benzene rings is 3. The molecule has 13 heteroatoms. The summed E-state index contributed by atoms with van der Waals surface area (Å²) in [5.41, 5.74) is 2.11. The van der Waals surface area contributed by atoms with Crippen molar-refractivity contribution in [3.05, 3.63) is 119 Å². The van der Waals surface area contributed by atoms with Gasteiger partial charge in [-0.05, 0) is 34.7 Å². The first-order valence-electron chi connectivity index (χ1n) is 14.9. The van der Waals surface area contributed by atoms with Crippen LogP contribution in [0.4, 0.5) is 9.18 Å². The minimum absolute atomic E-state index is 0.0204. The lowest BCUT2D eigenvalue weighted by Crippen LogP contribution is -2.56. The summed E-state index contributed by atoms with van der Waals surface area (Å²) >= 11 is 0. The van der Waals surface area contributed by atoms with Crippen LogP contribution >= 0.6 is 0 Å².